The van der Waals surface area contributed by atoms with Crippen molar-refractivity contribution in [1.82, 2.24) is 0 Å². The maximum Gasteiger partial charge on any atom is 0.466 e. The summed E-state index contributed by atoms with van der Waals surface area (Å²) in [6.07, 6.45) is 0. The lowest BCUT2D eigenvalue weighted by Gasteiger charge is -1.82. The second kappa shape index (κ2) is 5.86. The third-order valence-corrected chi connectivity index (χ3v) is 0. The molecule has 0 aliphatic rings. The fraction of sp³-hybridized carbons (Fsp3) is 0. The molecule has 0 saturated carbocycles. The van der Waals surface area contributed by atoms with Crippen molar-refractivity contribution in [2.45, 2.75) is 0 Å². The van der Waals surface area contributed by atoms with E-state index in [1.807, 2.05) is 0 Å². The van der Waals surface area contributed by atoms with Crippen LogP contribution in [0.2, 0.25) is 0 Å². The fourth-order valence-electron chi connectivity index (χ4n) is 0. The van der Waals surface area contributed by atoms with Gasteiger partial charge in [0, 0.05) is 0 Å². The largest absolute Gasteiger partial charge is 0.466 e. The molecule has 5 N–H and O–H groups in total. The Kier molecular flexibility index (Phi) is 9.26. The van der Waals surface area contributed by atoms with Gasteiger partial charge in [0.15, 0.2) is 0 Å². The highest BCUT2D eigenvalue weighted by Gasteiger charge is 2.00. The van der Waals surface area contributed by atoms with Gasteiger partial charge in [0.2, 0.25) is 0 Å². The lowest BCUT2D eigenvalue weighted by molar-refractivity contribution is 0.275. The highest BCUT2D eigenvalue weighted by Crippen LogP contribution is 2.25. The summed E-state index contributed by atoms with van der Waals surface area (Å²) in [7, 11) is -9.31. The van der Waals surface area contributed by atoms with E-state index in [0.717, 1.165) is 0 Å². The van der Waals surface area contributed by atoms with E-state index in [4.69, 9.17) is 36.8 Å². The molecular formula is H6ClO8PS. The predicted octanol–water partition coefficient (Wildman–Crippen LogP) is -1.16. The smallest absolute Gasteiger partial charge is 0.303 e. The van der Waals surface area contributed by atoms with Crippen LogP contribution in [0.5, 0.6) is 0 Å². The average Bonchev–Trinajstić information content (AvgIpc) is 1.12. The van der Waals surface area contributed by atoms with E-state index in [1.165, 1.54) is 0 Å². The molecule has 0 aromatic rings. The van der Waals surface area contributed by atoms with Gasteiger partial charge >= 0.3 is 18.2 Å². The Balaban J connectivity index is -0.000000107. The Morgan fingerprint density at radius 1 is 1.00 bits per heavy atom. The third kappa shape index (κ3) is 9640. The molecule has 11 heteroatoms. The first-order valence-corrected chi connectivity index (χ1v) is 4.44. The molecule has 11 heavy (non-hydrogen) atoms. The Bertz CT molecular complexity index is 192. The molecule has 0 aliphatic carbocycles. The molecule has 0 bridgehead atoms. The van der Waals surface area contributed by atoms with Crippen molar-refractivity contribution in [2.75, 3.05) is 0 Å². The van der Waals surface area contributed by atoms with E-state index in [-0.39, 0.29) is 12.4 Å². The van der Waals surface area contributed by atoms with Gasteiger partial charge in [0.05, 0.1) is 0 Å². The normalized spacial score (nSPS) is 10.6. The van der Waals surface area contributed by atoms with E-state index in [9.17, 15) is 0 Å². The molecule has 0 spiro atoms. The van der Waals surface area contributed by atoms with Gasteiger partial charge in [0.25, 0.3) is 0 Å². The first-order chi connectivity index (χ1) is 4.00. The molecule has 0 amide bonds. The maximum absolute atomic E-state index is 8.88. The molecule has 0 aromatic carbocycles. The number of hydrogen-bond acceptors (Lipinski definition) is 3. The fourth-order valence-corrected chi connectivity index (χ4v) is 0. The van der Waals surface area contributed by atoms with Crippen molar-refractivity contribution < 1.29 is 36.8 Å². The Hall–Kier alpha value is 0.270. The number of halogens is 1. The molecule has 0 fully saturated rings. The summed E-state index contributed by atoms with van der Waals surface area (Å²) in [6.45, 7) is 0. The average molecular weight is 233 g/mol. The standard InChI is InChI=1S/ClH.H3O4P.H2O4S/c;2*1-5(2,3)4/h1H;(H3,1,2,3,4);(H2,1,2,3,4). The minimum absolute atomic E-state index is 0. The zero-order valence-electron chi connectivity index (χ0n) is 4.72. The Morgan fingerprint density at radius 2 is 1.00 bits per heavy atom. The van der Waals surface area contributed by atoms with E-state index in [2.05, 4.69) is 0 Å². The summed E-state index contributed by atoms with van der Waals surface area (Å²) >= 11 is 0. The van der Waals surface area contributed by atoms with Gasteiger partial charge in [-0.25, -0.2) is 4.57 Å². The van der Waals surface area contributed by atoms with E-state index in [0.29, 0.717) is 0 Å². The molecule has 0 radical (unpaired) electrons. The van der Waals surface area contributed by atoms with Crippen LogP contribution in [0.4, 0.5) is 0 Å². The first-order valence-electron chi connectivity index (χ1n) is 1.48. The van der Waals surface area contributed by atoms with Gasteiger partial charge in [-0.3, -0.25) is 9.11 Å². The molecule has 0 atom stereocenters. The van der Waals surface area contributed by atoms with Gasteiger partial charge in [0.1, 0.15) is 0 Å². The van der Waals surface area contributed by atoms with Crippen LogP contribution in [0.3, 0.4) is 0 Å². The van der Waals surface area contributed by atoms with Crippen LogP contribution < -0.4 is 0 Å². The van der Waals surface area contributed by atoms with Crippen LogP contribution in [-0.2, 0) is 15.0 Å². The monoisotopic (exact) mass is 232 g/mol. The van der Waals surface area contributed by atoms with Gasteiger partial charge in [-0.2, -0.15) is 8.42 Å². The molecule has 0 aliphatic heterocycles. The third-order valence-electron chi connectivity index (χ3n) is 0. The van der Waals surface area contributed by atoms with Crippen LogP contribution in [0.15, 0.2) is 0 Å². The van der Waals surface area contributed by atoms with Gasteiger partial charge in [-0.15, -0.1) is 12.4 Å². The molecule has 0 saturated heterocycles. The summed E-state index contributed by atoms with van der Waals surface area (Å²) in [5.74, 6) is 0. The summed E-state index contributed by atoms with van der Waals surface area (Å²) in [5, 5.41) is 0. The van der Waals surface area contributed by atoms with Crippen molar-refractivity contribution in [2.24, 2.45) is 0 Å². The first kappa shape index (κ1) is 17.4. The van der Waals surface area contributed by atoms with Crippen molar-refractivity contribution in [3.05, 3.63) is 0 Å². The SMILES string of the molecule is Cl.O=P(O)(O)O.O=S(=O)(O)O. The second-order valence-electron chi connectivity index (χ2n) is 0.961. The highest BCUT2D eigenvalue weighted by atomic mass is 35.5. The maximum atomic E-state index is 8.88. The summed E-state index contributed by atoms with van der Waals surface area (Å²) in [4.78, 5) is 21.6. The Labute approximate surface area is 68.1 Å². The Morgan fingerprint density at radius 3 is 1.00 bits per heavy atom. The second-order valence-corrected chi connectivity index (χ2v) is 2.88. The van der Waals surface area contributed by atoms with Crippen LogP contribution in [0.1, 0.15) is 0 Å². The molecule has 0 rings (SSSR count). The summed E-state index contributed by atoms with van der Waals surface area (Å²) in [6, 6.07) is 0. The molecular weight excluding hydrogens is 226 g/mol. The van der Waals surface area contributed by atoms with Crippen molar-refractivity contribution >= 4 is 30.6 Å². The minimum atomic E-state index is -4.67. The summed E-state index contributed by atoms with van der Waals surface area (Å²) < 4.78 is 40.5. The van der Waals surface area contributed by atoms with Crippen molar-refractivity contribution in [3.8, 4) is 0 Å². The van der Waals surface area contributed by atoms with Gasteiger partial charge < -0.3 is 14.7 Å². The summed E-state index contributed by atoms with van der Waals surface area (Å²) in [5.41, 5.74) is 0. The predicted molar refractivity (Wildman–Crippen MR) is 35.7 cm³/mol. The number of phosphoric acid groups is 1. The van der Waals surface area contributed by atoms with Crippen LogP contribution in [-0.4, -0.2) is 32.2 Å². The zero-order chi connectivity index (χ0) is 9.00. The quantitative estimate of drug-likeness (QED) is 0.259. The topological polar surface area (TPSA) is 152 Å². The van der Waals surface area contributed by atoms with Crippen molar-refractivity contribution in [1.29, 1.82) is 0 Å². The van der Waals surface area contributed by atoms with Gasteiger partial charge in [-0.05, 0) is 0 Å². The lowest BCUT2D eigenvalue weighted by atomic mass is 15.8. The molecule has 8 nitrogen and oxygen atoms in total. The molecule has 0 heterocycles. The molecule has 0 unspecified atom stereocenters. The molecule has 72 valence electrons. The van der Waals surface area contributed by atoms with Crippen LogP contribution in [0.25, 0.3) is 0 Å². The number of rotatable bonds is 0. The van der Waals surface area contributed by atoms with E-state index >= 15 is 0 Å². The molecule has 0 aromatic heterocycles. The number of hydrogen-bond donors (Lipinski definition) is 5. The van der Waals surface area contributed by atoms with Crippen LogP contribution in [0, 0.1) is 0 Å². The van der Waals surface area contributed by atoms with E-state index < -0.39 is 18.2 Å². The minimum Gasteiger partial charge on any atom is -0.303 e. The zero-order valence-corrected chi connectivity index (χ0v) is 7.25. The van der Waals surface area contributed by atoms with Crippen molar-refractivity contribution in [3.63, 3.8) is 0 Å². The van der Waals surface area contributed by atoms with Gasteiger partial charge in [-0.1, -0.05) is 0 Å². The van der Waals surface area contributed by atoms with E-state index in [1.54, 1.807) is 0 Å². The highest BCUT2D eigenvalue weighted by molar-refractivity contribution is 7.79. The van der Waals surface area contributed by atoms with Crippen LogP contribution >= 0.6 is 20.2 Å². The lowest BCUT2D eigenvalue weighted by Crippen LogP contribution is -1.89.